The average Bonchev–Trinajstić information content (AvgIpc) is 3.47. The zero-order valence-electron chi connectivity index (χ0n) is 20.3. The van der Waals surface area contributed by atoms with E-state index in [0.717, 1.165) is 51.3 Å². The molecule has 1 aliphatic carbocycles. The number of aromatic nitrogens is 4. The number of aryl methyl sites for hydroxylation is 2. The van der Waals surface area contributed by atoms with Crippen molar-refractivity contribution in [1.82, 2.24) is 19.3 Å². The van der Waals surface area contributed by atoms with Gasteiger partial charge in [-0.15, -0.1) is 0 Å². The molecule has 1 aliphatic rings. The smallest absolute Gasteiger partial charge is 0.0994 e. The molecule has 0 amide bonds. The van der Waals surface area contributed by atoms with E-state index in [-0.39, 0.29) is 0 Å². The molecule has 0 unspecified atom stereocenters. The van der Waals surface area contributed by atoms with Crippen LogP contribution in [0.1, 0.15) is 43.2 Å². The van der Waals surface area contributed by atoms with Crippen LogP contribution in [0.3, 0.4) is 0 Å². The summed E-state index contributed by atoms with van der Waals surface area (Å²) in [5.74, 6) is 0.743. The van der Waals surface area contributed by atoms with Crippen molar-refractivity contribution in [1.29, 1.82) is 5.26 Å². The minimum absolute atomic E-state index is 0.710. The lowest BCUT2D eigenvalue weighted by Gasteiger charge is -2.22. The summed E-state index contributed by atoms with van der Waals surface area (Å²) < 4.78 is 4.29. The van der Waals surface area contributed by atoms with E-state index >= 15 is 0 Å². The Morgan fingerprint density at radius 2 is 1.80 bits per heavy atom. The molecule has 2 aromatic carbocycles. The van der Waals surface area contributed by atoms with Crippen LogP contribution in [0.25, 0.3) is 44.2 Å². The van der Waals surface area contributed by atoms with Crippen LogP contribution in [0.5, 0.6) is 0 Å². The van der Waals surface area contributed by atoms with Crippen molar-refractivity contribution in [2.75, 3.05) is 0 Å². The van der Waals surface area contributed by atoms with E-state index in [9.17, 15) is 5.26 Å². The summed E-state index contributed by atoms with van der Waals surface area (Å²) in [4.78, 5) is 5.05. The zero-order chi connectivity index (χ0) is 23.9. The number of fused-ring (bicyclic) bond motifs is 2. The van der Waals surface area contributed by atoms with Crippen molar-refractivity contribution in [3.63, 3.8) is 0 Å². The Kier molecular flexibility index (Phi) is 5.37. The molecule has 174 valence electrons. The predicted molar refractivity (Wildman–Crippen MR) is 141 cm³/mol. The molecule has 5 nitrogen and oxygen atoms in total. The number of nitrogens with zero attached hydrogens (tertiary/aromatic N) is 5. The lowest BCUT2D eigenvalue weighted by molar-refractivity contribution is 0.322. The van der Waals surface area contributed by atoms with Gasteiger partial charge < -0.3 is 4.57 Å². The highest BCUT2D eigenvalue weighted by atomic mass is 15.2. The maximum absolute atomic E-state index is 9.47. The van der Waals surface area contributed by atoms with Gasteiger partial charge in [0, 0.05) is 41.7 Å². The molecule has 3 heterocycles. The molecule has 0 spiro atoms. The maximum atomic E-state index is 9.47. The second-order valence-electron chi connectivity index (χ2n) is 9.94. The lowest BCUT2D eigenvalue weighted by Crippen LogP contribution is -2.13. The molecule has 0 atom stereocenters. The molecule has 0 aliphatic heterocycles. The molecular formula is C30H29N5. The van der Waals surface area contributed by atoms with Crippen LogP contribution < -0.4 is 0 Å². The summed E-state index contributed by atoms with van der Waals surface area (Å²) in [5, 5.41) is 16.2. The Balaban J connectivity index is 1.54. The molecular weight excluding hydrogens is 430 g/mol. The van der Waals surface area contributed by atoms with E-state index in [1.807, 2.05) is 37.1 Å². The second-order valence-corrected chi connectivity index (χ2v) is 9.94. The number of benzene rings is 2. The first-order valence-corrected chi connectivity index (χ1v) is 12.5. The minimum Gasteiger partial charge on any atom is -0.346 e. The zero-order valence-corrected chi connectivity index (χ0v) is 20.3. The third-order valence-electron chi connectivity index (χ3n) is 7.66. The fourth-order valence-corrected chi connectivity index (χ4v) is 5.73. The lowest BCUT2D eigenvalue weighted by atomic mass is 9.89. The van der Waals surface area contributed by atoms with Crippen LogP contribution in [0.15, 0.2) is 61.1 Å². The fourth-order valence-electron chi connectivity index (χ4n) is 5.73. The summed E-state index contributed by atoms with van der Waals surface area (Å²) in [6, 6.07) is 17.1. The van der Waals surface area contributed by atoms with Gasteiger partial charge in [0.15, 0.2) is 0 Å². The molecule has 3 aromatic heterocycles. The van der Waals surface area contributed by atoms with E-state index < -0.39 is 0 Å². The molecule has 0 N–H and O–H groups in total. The van der Waals surface area contributed by atoms with Gasteiger partial charge in [0.2, 0.25) is 0 Å². The summed E-state index contributed by atoms with van der Waals surface area (Å²) >= 11 is 0. The van der Waals surface area contributed by atoms with E-state index in [1.165, 1.54) is 43.0 Å². The van der Waals surface area contributed by atoms with Crippen LogP contribution in [0.4, 0.5) is 0 Å². The van der Waals surface area contributed by atoms with Crippen molar-refractivity contribution in [2.45, 2.75) is 45.6 Å². The number of pyridine rings is 1. The molecule has 1 saturated carbocycles. The van der Waals surface area contributed by atoms with Crippen molar-refractivity contribution >= 4 is 21.8 Å². The predicted octanol–water partition coefficient (Wildman–Crippen LogP) is 7.02. The van der Waals surface area contributed by atoms with E-state index in [2.05, 4.69) is 58.3 Å². The van der Waals surface area contributed by atoms with Gasteiger partial charge in [0.1, 0.15) is 0 Å². The first kappa shape index (κ1) is 21.6. The van der Waals surface area contributed by atoms with Crippen molar-refractivity contribution in [3.05, 3.63) is 72.2 Å². The molecule has 0 saturated heterocycles. The molecule has 35 heavy (non-hydrogen) atoms. The number of rotatable bonds is 4. The third-order valence-corrected chi connectivity index (χ3v) is 7.66. The van der Waals surface area contributed by atoms with E-state index in [1.54, 1.807) is 0 Å². The number of hydrogen-bond acceptors (Lipinski definition) is 3. The monoisotopic (exact) mass is 459 g/mol. The Bertz CT molecular complexity index is 1590. The van der Waals surface area contributed by atoms with Gasteiger partial charge in [-0.25, -0.2) is 0 Å². The van der Waals surface area contributed by atoms with Gasteiger partial charge in [-0.3, -0.25) is 9.67 Å². The molecule has 1 fully saturated rings. The molecule has 5 heteroatoms. The summed E-state index contributed by atoms with van der Waals surface area (Å²) in [5.41, 5.74) is 8.23. The van der Waals surface area contributed by atoms with Crippen molar-refractivity contribution in [2.24, 2.45) is 13.0 Å². The fraction of sp³-hybridized carbons (Fsp3) is 0.300. The van der Waals surface area contributed by atoms with Gasteiger partial charge in [-0.2, -0.15) is 10.4 Å². The summed E-state index contributed by atoms with van der Waals surface area (Å²) in [6.45, 7) is 3.06. The highest BCUT2D eigenvalue weighted by Gasteiger charge is 2.19. The molecule has 0 bridgehead atoms. The van der Waals surface area contributed by atoms with Crippen LogP contribution in [0.2, 0.25) is 0 Å². The average molecular weight is 460 g/mol. The van der Waals surface area contributed by atoms with Crippen LogP contribution >= 0.6 is 0 Å². The molecule has 6 rings (SSSR count). The highest BCUT2D eigenvalue weighted by Crippen LogP contribution is 2.39. The first-order chi connectivity index (χ1) is 17.1. The van der Waals surface area contributed by atoms with E-state index in [0.29, 0.717) is 5.56 Å². The summed E-state index contributed by atoms with van der Waals surface area (Å²) in [7, 11) is 1.96. The highest BCUT2D eigenvalue weighted by molar-refractivity contribution is 6.02. The van der Waals surface area contributed by atoms with Gasteiger partial charge in [0.25, 0.3) is 0 Å². The standard InChI is InChI=1S/C30H29N5/c1-20-14-22(8-9-24(20)16-31)29-26-12-13-35(19-21-6-4-3-5-7-21)28(26)18-32-30(29)23-10-11-27-25(15-23)17-33-34(27)2/h8-15,17-18,21H,3-7,19H2,1-2H3. The minimum atomic E-state index is 0.710. The largest absolute Gasteiger partial charge is 0.346 e. The Morgan fingerprint density at radius 1 is 0.971 bits per heavy atom. The number of nitriles is 1. The number of hydrogen-bond donors (Lipinski definition) is 0. The third kappa shape index (κ3) is 3.80. The van der Waals surface area contributed by atoms with Gasteiger partial charge in [-0.05, 0) is 61.1 Å². The Morgan fingerprint density at radius 3 is 2.60 bits per heavy atom. The quantitative estimate of drug-likeness (QED) is 0.290. The van der Waals surface area contributed by atoms with Crippen LogP contribution in [-0.2, 0) is 13.6 Å². The summed E-state index contributed by atoms with van der Waals surface area (Å²) in [6.07, 6.45) is 12.9. The topological polar surface area (TPSA) is 59.4 Å². The maximum Gasteiger partial charge on any atom is 0.0994 e. The van der Waals surface area contributed by atoms with Crippen LogP contribution in [0, 0.1) is 24.2 Å². The molecule has 5 aromatic rings. The van der Waals surface area contributed by atoms with Crippen molar-refractivity contribution < 1.29 is 0 Å². The normalized spacial score (nSPS) is 14.5. The van der Waals surface area contributed by atoms with Gasteiger partial charge >= 0.3 is 0 Å². The Labute approximate surface area is 205 Å². The second kappa shape index (κ2) is 8.70. The first-order valence-electron chi connectivity index (χ1n) is 12.5. The van der Waals surface area contributed by atoms with Crippen LogP contribution in [-0.4, -0.2) is 19.3 Å². The van der Waals surface area contributed by atoms with Gasteiger partial charge in [-0.1, -0.05) is 37.5 Å². The Hall–Kier alpha value is -3.91. The molecule has 0 radical (unpaired) electrons. The van der Waals surface area contributed by atoms with E-state index in [4.69, 9.17) is 4.98 Å². The van der Waals surface area contributed by atoms with Crippen molar-refractivity contribution in [3.8, 4) is 28.5 Å². The SMILES string of the molecule is Cc1cc(-c2c(-c3ccc4c(cnn4C)c3)ncc3c2ccn3CC2CCCCC2)ccc1C#N. The van der Waals surface area contributed by atoms with Gasteiger partial charge in [0.05, 0.1) is 40.8 Å².